The van der Waals surface area contributed by atoms with Crippen LogP contribution in [-0.2, 0) is 0 Å². The average molecular weight is 481 g/mol. The first-order valence-corrected chi connectivity index (χ1v) is 9.83. The maximum absolute atomic E-state index is 14.8. The summed E-state index contributed by atoms with van der Waals surface area (Å²) in [5, 5.41) is 3.11. The first-order valence-electron chi connectivity index (χ1n) is 7.84. The number of para-hydroxylation sites is 1. The van der Waals surface area contributed by atoms with Gasteiger partial charge in [0.1, 0.15) is 10.7 Å². The van der Waals surface area contributed by atoms with Gasteiger partial charge in [-0.1, -0.05) is 48.6 Å². The minimum Gasteiger partial charge on any atom is -0.347 e. The highest BCUT2D eigenvalue weighted by atomic mass is 79.9. The van der Waals surface area contributed by atoms with Crippen molar-refractivity contribution in [2.24, 2.45) is 0 Å². The predicted molar refractivity (Wildman–Crippen MR) is 114 cm³/mol. The SMILES string of the molecule is FC1(/C=C/C=C/C(=S)Nc2ccccc2)CC1c1ccc(Br)c(Br)c1. The van der Waals surface area contributed by atoms with E-state index in [0.29, 0.717) is 11.4 Å². The Morgan fingerprint density at radius 2 is 1.88 bits per heavy atom. The molecule has 0 aliphatic heterocycles. The Bertz CT molecular complexity index is 835. The molecule has 2 unspecified atom stereocenters. The van der Waals surface area contributed by atoms with Crippen molar-refractivity contribution in [1.29, 1.82) is 0 Å². The molecular formula is C20H16Br2FNS. The first kappa shape index (κ1) is 18.5. The van der Waals surface area contributed by atoms with Crippen molar-refractivity contribution in [2.45, 2.75) is 18.0 Å². The molecule has 128 valence electrons. The minimum absolute atomic E-state index is 0.0871. The molecule has 0 radical (unpaired) electrons. The molecule has 2 atom stereocenters. The summed E-state index contributed by atoms with van der Waals surface area (Å²) in [7, 11) is 0. The predicted octanol–water partition coefficient (Wildman–Crippen LogP) is 6.96. The van der Waals surface area contributed by atoms with Crippen LogP contribution in [0.3, 0.4) is 0 Å². The number of halogens is 3. The third-order valence-corrected chi connectivity index (χ3v) is 6.17. The smallest absolute Gasteiger partial charge is 0.137 e. The zero-order valence-corrected chi connectivity index (χ0v) is 17.2. The topological polar surface area (TPSA) is 12.0 Å². The number of allylic oxidation sites excluding steroid dienone is 3. The van der Waals surface area contributed by atoms with E-state index >= 15 is 0 Å². The fourth-order valence-corrected chi connectivity index (χ4v) is 3.47. The van der Waals surface area contributed by atoms with Gasteiger partial charge in [0, 0.05) is 20.6 Å². The molecule has 1 N–H and O–H groups in total. The number of rotatable bonds is 5. The van der Waals surface area contributed by atoms with Crippen LogP contribution >= 0.6 is 44.1 Å². The Balaban J connectivity index is 1.55. The highest BCUT2D eigenvalue weighted by Crippen LogP contribution is 2.56. The Kier molecular flexibility index (Phi) is 5.87. The second kappa shape index (κ2) is 7.94. The van der Waals surface area contributed by atoms with Gasteiger partial charge in [0.15, 0.2) is 0 Å². The number of nitrogens with one attached hydrogen (secondary N) is 1. The lowest BCUT2D eigenvalue weighted by Gasteiger charge is -2.04. The van der Waals surface area contributed by atoms with Crippen LogP contribution in [0.4, 0.5) is 10.1 Å². The normalized spacial score (nSPS) is 22.4. The summed E-state index contributed by atoms with van der Waals surface area (Å²) in [6.07, 6.45) is 7.39. The van der Waals surface area contributed by atoms with Gasteiger partial charge in [-0.2, -0.15) is 0 Å². The van der Waals surface area contributed by atoms with Crippen LogP contribution in [0, 0.1) is 0 Å². The zero-order valence-electron chi connectivity index (χ0n) is 13.3. The lowest BCUT2D eigenvalue weighted by atomic mass is 10.1. The molecule has 0 aromatic heterocycles. The molecule has 1 aliphatic rings. The molecule has 5 heteroatoms. The second-order valence-corrected chi connectivity index (χ2v) is 8.08. The van der Waals surface area contributed by atoms with E-state index in [2.05, 4.69) is 37.2 Å². The van der Waals surface area contributed by atoms with Crippen molar-refractivity contribution in [2.75, 3.05) is 5.32 Å². The average Bonchev–Trinajstić information content (AvgIpc) is 3.27. The molecule has 1 fully saturated rings. The third kappa shape index (κ3) is 4.87. The molecule has 0 amide bonds. The molecule has 0 bridgehead atoms. The van der Waals surface area contributed by atoms with E-state index in [1.165, 1.54) is 0 Å². The van der Waals surface area contributed by atoms with Gasteiger partial charge in [0.25, 0.3) is 0 Å². The molecule has 1 saturated carbocycles. The van der Waals surface area contributed by atoms with E-state index in [4.69, 9.17) is 12.2 Å². The number of alkyl halides is 1. The number of benzene rings is 2. The number of anilines is 1. The van der Waals surface area contributed by atoms with E-state index in [-0.39, 0.29) is 5.92 Å². The van der Waals surface area contributed by atoms with E-state index < -0.39 is 5.67 Å². The fourth-order valence-electron chi connectivity index (χ4n) is 2.63. The van der Waals surface area contributed by atoms with Crippen molar-refractivity contribution in [1.82, 2.24) is 0 Å². The zero-order chi connectivity index (χ0) is 17.9. The summed E-state index contributed by atoms with van der Waals surface area (Å²) in [6.45, 7) is 0. The third-order valence-electron chi connectivity index (χ3n) is 4.06. The quantitative estimate of drug-likeness (QED) is 0.282. The van der Waals surface area contributed by atoms with Crippen LogP contribution in [0.2, 0.25) is 0 Å². The molecule has 2 aromatic rings. The summed E-state index contributed by atoms with van der Waals surface area (Å²) < 4.78 is 16.7. The molecular weight excluding hydrogens is 465 g/mol. The van der Waals surface area contributed by atoms with Gasteiger partial charge < -0.3 is 5.32 Å². The molecule has 25 heavy (non-hydrogen) atoms. The molecule has 3 rings (SSSR count). The molecule has 1 aliphatic carbocycles. The van der Waals surface area contributed by atoms with Gasteiger partial charge in [0.05, 0.1) is 0 Å². The van der Waals surface area contributed by atoms with Gasteiger partial charge in [-0.05, 0) is 80.3 Å². The Labute approximate surface area is 169 Å². The molecule has 0 spiro atoms. The van der Waals surface area contributed by atoms with Crippen molar-refractivity contribution in [3.05, 3.63) is 87.3 Å². The van der Waals surface area contributed by atoms with E-state index in [1.807, 2.05) is 48.5 Å². The van der Waals surface area contributed by atoms with E-state index in [1.54, 1.807) is 24.3 Å². The Morgan fingerprint density at radius 1 is 1.12 bits per heavy atom. The first-order chi connectivity index (χ1) is 12.0. The van der Waals surface area contributed by atoms with Crippen molar-refractivity contribution in [3.8, 4) is 0 Å². The second-order valence-electron chi connectivity index (χ2n) is 5.93. The van der Waals surface area contributed by atoms with Crippen LogP contribution in [0.1, 0.15) is 17.9 Å². The highest BCUT2D eigenvalue weighted by molar-refractivity contribution is 9.13. The van der Waals surface area contributed by atoms with Gasteiger partial charge >= 0.3 is 0 Å². The summed E-state index contributed by atoms with van der Waals surface area (Å²) in [5.41, 5.74) is 0.671. The van der Waals surface area contributed by atoms with Gasteiger partial charge in [0.2, 0.25) is 0 Å². The Morgan fingerprint density at radius 3 is 2.60 bits per heavy atom. The van der Waals surface area contributed by atoms with Gasteiger partial charge in [-0.15, -0.1) is 0 Å². The van der Waals surface area contributed by atoms with Crippen LogP contribution in [0.15, 0.2) is 81.8 Å². The van der Waals surface area contributed by atoms with Crippen molar-refractivity contribution >= 4 is 54.8 Å². The maximum atomic E-state index is 14.8. The number of thiocarbonyl (C=S) groups is 1. The summed E-state index contributed by atoms with van der Waals surface area (Å²) in [6, 6.07) is 15.6. The summed E-state index contributed by atoms with van der Waals surface area (Å²) in [5.74, 6) is -0.0871. The number of hydrogen-bond donors (Lipinski definition) is 1. The van der Waals surface area contributed by atoms with E-state index in [9.17, 15) is 4.39 Å². The summed E-state index contributed by atoms with van der Waals surface area (Å²) in [4.78, 5) is 0.591. The maximum Gasteiger partial charge on any atom is 0.137 e. The van der Waals surface area contributed by atoms with Crippen molar-refractivity contribution < 1.29 is 4.39 Å². The van der Waals surface area contributed by atoms with Crippen molar-refractivity contribution in [3.63, 3.8) is 0 Å². The largest absolute Gasteiger partial charge is 0.347 e. The van der Waals surface area contributed by atoms with Gasteiger partial charge in [-0.25, -0.2) is 4.39 Å². The monoisotopic (exact) mass is 479 g/mol. The molecule has 0 saturated heterocycles. The number of hydrogen-bond acceptors (Lipinski definition) is 1. The van der Waals surface area contributed by atoms with Crippen LogP contribution < -0.4 is 5.32 Å². The van der Waals surface area contributed by atoms with Gasteiger partial charge in [-0.3, -0.25) is 0 Å². The Hall–Kier alpha value is -1.30. The molecule has 1 nitrogen and oxygen atoms in total. The minimum atomic E-state index is -1.27. The summed E-state index contributed by atoms with van der Waals surface area (Å²) >= 11 is 12.2. The van der Waals surface area contributed by atoms with Crippen LogP contribution in [0.5, 0.6) is 0 Å². The van der Waals surface area contributed by atoms with Crippen LogP contribution in [-0.4, -0.2) is 10.7 Å². The van der Waals surface area contributed by atoms with Crippen LogP contribution in [0.25, 0.3) is 0 Å². The molecule has 2 aromatic carbocycles. The lowest BCUT2D eigenvalue weighted by Crippen LogP contribution is -2.04. The van der Waals surface area contributed by atoms with E-state index in [0.717, 1.165) is 20.2 Å². The molecule has 0 heterocycles. The lowest BCUT2D eigenvalue weighted by molar-refractivity contribution is 0.369. The standard InChI is InChI=1S/C20H16Br2FNS/c21-17-10-9-14(12-18(17)22)16-13-20(16,23)11-5-4-8-19(25)24-15-6-2-1-3-7-15/h1-12,16H,13H2,(H,24,25)/b8-4+,11-5+. The highest BCUT2D eigenvalue weighted by Gasteiger charge is 2.54. The fraction of sp³-hybridized carbons (Fsp3) is 0.150.